The molecule has 0 aliphatic rings. The molecule has 0 saturated heterocycles. The molecule has 0 atom stereocenters. The first-order valence-corrected chi connectivity index (χ1v) is 9.83. The normalized spacial score (nSPS) is 11.5. The van der Waals surface area contributed by atoms with Gasteiger partial charge in [-0.15, -0.1) is 0 Å². The summed E-state index contributed by atoms with van der Waals surface area (Å²) in [6, 6.07) is 10.3. The number of pyridine rings is 1. The SMILES string of the molecule is CNc1nc2[nH]c(-c3cccc(CNC(=O)CC(C)C)c3)cc2c2c1ncn2C. The molecule has 3 N–H and O–H groups in total. The van der Waals surface area contributed by atoms with E-state index in [0.717, 1.165) is 44.7 Å². The van der Waals surface area contributed by atoms with Crippen LogP contribution in [0.25, 0.3) is 33.3 Å². The molecule has 4 aromatic rings. The van der Waals surface area contributed by atoms with Crippen molar-refractivity contribution in [1.29, 1.82) is 0 Å². The summed E-state index contributed by atoms with van der Waals surface area (Å²) in [5.74, 6) is 1.19. The zero-order valence-corrected chi connectivity index (χ0v) is 17.2. The van der Waals surface area contributed by atoms with Gasteiger partial charge in [0.1, 0.15) is 11.2 Å². The maximum absolute atomic E-state index is 12.0. The number of aromatic amines is 1. The molecule has 0 spiro atoms. The topological polar surface area (TPSA) is 87.6 Å². The zero-order chi connectivity index (χ0) is 20.5. The number of nitrogens with one attached hydrogen (secondary N) is 3. The number of hydrogen-bond donors (Lipinski definition) is 3. The predicted molar refractivity (Wildman–Crippen MR) is 117 cm³/mol. The van der Waals surface area contributed by atoms with E-state index < -0.39 is 0 Å². The molecule has 0 saturated carbocycles. The van der Waals surface area contributed by atoms with E-state index >= 15 is 0 Å². The highest BCUT2D eigenvalue weighted by molar-refractivity contribution is 6.07. The highest BCUT2D eigenvalue weighted by Gasteiger charge is 2.15. The van der Waals surface area contributed by atoms with Gasteiger partial charge in [0.2, 0.25) is 5.91 Å². The quantitative estimate of drug-likeness (QED) is 0.467. The molecule has 0 radical (unpaired) electrons. The average molecular weight is 390 g/mol. The molecule has 1 aromatic carbocycles. The molecule has 0 aliphatic carbocycles. The number of H-pyrrole nitrogens is 1. The lowest BCUT2D eigenvalue weighted by Crippen LogP contribution is -2.23. The number of benzene rings is 1. The number of nitrogens with zero attached hydrogens (tertiary/aromatic N) is 3. The molecule has 150 valence electrons. The van der Waals surface area contributed by atoms with Gasteiger partial charge in [-0.3, -0.25) is 4.79 Å². The van der Waals surface area contributed by atoms with Crippen molar-refractivity contribution in [1.82, 2.24) is 24.8 Å². The number of imidazole rings is 1. The Morgan fingerprint density at radius 3 is 2.86 bits per heavy atom. The molecule has 3 aromatic heterocycles. The number of aryl methyl sites for hydroxylation is 1. The van der Waals surface area contributed by atoms with E-state index in [-0.39, 0.29) is 5.91 Å². The molecule has 1 amide bonds. The molecule has 0 fully saturated rings. The monoisotopic (exact) mass is 390 g/mol. The highest BCUT2D eigenvalue weighted by atomic mass is 16.1. The minimum absolute atomic E-state index is 0.0819. The number of carbonyl (C=O) groups excluding carboxylic acids is 1. The van der Waals surface area contributed by atoms with Crippen LogP contribution in [0.5, 0.6) is 0 Å². The third-order valence-corrected chi connectivity index (χ3v) is 5.00. The minimum atomic E-state index is 0.0819. The zero-order valence-electron chi connectivity index (χ0n) is 17.2. The van der Waals surface area contributed by atoms with Crippen molar-refractivity contribution in [2.75, 3.05) is 12.4 Å². The molecule has 7 nitrogen and oxygen atoms in total. The summed E-state index contributed by atoms with van der Waals surface area (Å²) in [5.41, 5.74) is 5.82. The number of rotatable bonds is 6. The summed E-state index contributed by atoms with van der Waals surface area (Å²) in [6.45, 7) is 4.61. The van der Waals surface area contributed by atoms with Crippen LogP contribution in [0.15, 0.2) is 36.7 Å². The number of fused-ring (bicyclic) bond motifs is 3. The van der Waals surface area contributed by atoms with Crippen LogP contribution in [0.4, 0.5) is 5.82 Å². The Labute approximate surface area is 169 Å². The van der Waals surface area contributed by atoms with Crippen molar-refractivity contribution in [3.8, 4) is 11.3 Å². The van der Waals surface area contributed by atoms with E-state index in [0.29, 0.717) is 18.9 Å². The van der Waals surface area contributed by atoms with Crippen molar-refractivity contribution in [2.24, 2.45) is 13.0 Å². The Bertz CT molecular complexity index is 1190. The number of hydrogen-bond acceptors (Lipinski definition) is 4. The fraction of sp³-hybridized carbons (Fsp3) is 0.318. The van der Waals surface area contributed by atoms with Gasteiger partial charge in [-0.1, -0.05) is 32.0 Å². The van der Waals surface area contributed by atoms with Gasteiger partial charge in [0.25, 0.3) is 0 Å². The Morgan fingerprint density at radius 2 is 2.10 bits per heavy atom. The van der Waals surface area contributed by atoms with Crippen molar-refractivity contribution < 1.29 is 4.79 Å². The Balaban J connectivity index is 1.67. The van der Waals surface area contributed by atoms with Crippen molar-refractivity contribution in [2.45, 2.75) is 26.8 Å². The van der Waals surface area contributed by atoms with Gasteiger partial charge >= 0.3 is 0 Å². The lowest BCUT2D eigenvalue weighted by Gasteiger charge is -2.08. The summed E-state index contributed by atoms with van der Waals surface area (Å²) in [5, 5.41) is 7.16. The first kappa shape index (κ1) is 19.0. The van der Waals surface area contributed by atoms with Gasteiger partial charge in [-0.05, 0) is 29.2 Å². The molecule has 29 heavy (non-hydrogen) atoms. The van der Waals surface area contributed by atoms with E-state index in [1.165, 1.54) is 0 Å². The lowest BCUT2D eigenvalue weighted by molar-refractivity contribution is -0.121. The van der Waals surface area contributed by atoms with Gasteiger partial charge in [-0.25, -0.2) is 9.97 Å². The van der Waals surface area contributed by atoms with Crippen molar-refractivity contribution in [3.63, 3.8) is 0 Å². The van der Waals surface area contributed by atoms with E-state index in [4.69, 9.17) is 4.98 Å². The van der Waals surface area contributed by atoms with Gasteiger partial charge < -0.3 is 20.2 Å². The molecular formula is C22H26N6O. The number of carbonyl (C=O) groups is 1. The maximum Gasteiger partial charge on any atom is 0.220 e. The van der Waals surface area contributed by atoms with Gasteiger partial charge in [0, 0.05) is 38.1 Å². The summed E-state index contributed by atoms with van der Waals surface area (Å²) in [4.78, 5) is 24.6. The van der Waals surface area contributed by atoms with Crippen LogP contribution in [-0.2, 0) is 18.4 Å². The van der Waals surface area contributed by atoms with Crippen LogP contribution in [0.2, 0.25) is 0 Å². The highest BCUT2D eigenvalue weighted by Crippen LogP contribution is 2.31. The largest absolute Gasteiger partial charge is 0.371 e. The van der Waals surface area contributed by atoms with Crippen LogP contribution in [0.1, 0.15) is 25.8 Å². The molecule has 4 rings (SSSR count). The van der Waals surface area contributed by atoms with Gasteiger partial charge in [-0.2, -0.15) is 0 Å². The second kappa shape index (κ2) is 7.58. The maximum atomic E-state index is 12.0. The fourth-order valence-electron chi connectivity index (χ4n) is 3.62. The standard InChI is InChI=1S/C22H26N6O/c1-13(2)8-18(29)24-11-14-6-5-7-15(9-14)17-10-16-20-19(25-12-28(20)4)22(23-3)27-21(16)26-17/h5-7,9-10,12-13H,8,11H2,1-4H3,(H,24,29)(H2,23,26,27). The second-order valence-electron chi connectivity index (χ2n) is 7.78. The molecule has 0 bridgehead atoms. The summed E-state index contributed by atoms with van der Waals surface area (Å²) in [6.07, 6.45) is 2.35. The van der Waals surface area contributed by atoms with E-state index in [1.54, 1.807) is 6.33 Å². The molecule has 0 aliphatic heterocycles. The summed E-state index contributed by atoms with van der Waals surface area (Å²) in [7, 11) is 3.84. The van der Waals surface area contributed by atoms with Crippen molar-refractivity contribution >= 4 is 33.8 Å². The molecule has 3 heterocycles. The summed E-state index contributed by atoms with van der Waals surface area (Å²) >= 11 is 0. The molecule has 7 heteroatoms. The van der Waals surface area contributed by atoms with Crippen LogP contribution < -0.4 is 10.6 Å². The summed E-state index contributed by atoms with van der Waals surface area (Å²) < 4.78 is 2.01. The van der Waals surface area contributed by atoms with E-state index in [2.05, 4.69) is 38.8 Å². The van der Waals surface area contributed by atoms with E-state index in [9.17, 15) is 4.79 Å². The van der Waals surface area contributed by atoms with Gasteiger partial charge in [0.15, 0.2) is 5.82 Å². The van der Waals surface area contributed by atoms with Crippen LogP contribution >= 0.6 is 0 Å². The van der Waals surface area contributed by atoms with E-state index in [1.807, 2.05) is 44.6 Å². The minimum Gasteiger partial charge on any atom is -0.371 e. The Kier molecular flexibility index (Phi) is 4.96. The van der Waals surface area contributed by atoms with Crippen molar-refractivity contribution in [3.05, 3.63) is 42.2 Å². The lowest BCUT2D eigenvalue weighted by atomic mass is 10.1. The van der Waals surface area contributed by atoms with Crippen LogP contribution in [0.3, 0.4) is 0 Å². The molecule has 0 unspecified atom stereocenters. The Hall–Kier alpha value is -3.35. The smallest absolute Gasteiger partial charge is 0.220 e. The van der Waals surface area contributed by atoms with Crippen LogP contribution in [0, 0.1) is 5.92 Å². The first-order chi connectivity index (χ1) is 14.0. The fourth-order valence-corrected chi connectivity index (χ4v) is 3.62. The van der Waals surface area contributed by atoms with Crippen LogP contribution in [-0.4, -0.2) is 32.5 Å². The average Bonchev–Trinajstić information content (AvgIpc) is 3.29. The third kappa shape index (κ3) is 3.68. The van der Waals surface area contributed by atoms with Gasteiger partial charge in [0.05, 0.1) is 11.8 Å². The number of amides is 1. The third-order valence-electron chi connectivity index (χ3n) is 5.00. The second-order valence-corrected chi connectivity index (χ2v) is 7.78. The number of anilines is 1. The Morgan fingerprint density at radius 1 is 1.28 bits per heavy atom. The number of aromatic nitrogens is 4. The molecular weight excluding hydrogens is 364 g/mol. The predicted octanol–water partition coefficient (Wildman–Crippen LogP) is 3.82. The first-order valence-electron chi connectivity index (χ1n) is 9.83.